The highest BCUT2D eigenvalue weighted by atomic mass is 32.2. The van der Waals surface area contributed by atoms with Crippen LogP contribution in [0.5, 0.6) is 0 Å². The fourth-order valence-corrected chi connectivity index (χ4v) is 4.46. The SMILES string of the molecule is Cc1cccc(S(=O)(=O)Nc2ccc(-c3ccc(N4CCCC4)nn3)cc2)c1. The Hall–Kier alpha value is -2.93. The van der Waals surface area contributed by atoms with Crippen molar-refractivity contribution in [2.45, 2.75) is 24.7 Å². The van der Waals surface area contributed by atoms with E-state index < -0.39 is 10.0 Å². The lowest BCUT2D eigenvalue weighted by Crippen LogP contribution is -2.19. The van der Waals surface area contributed by atoms with Gasteiger partial charge in [-0.25, -0.2) is 8.42 Å². The summed E-state index contributed by atoms with van der Waals surface area (Å²) in [4.78, 5) is 2.49. The van der Waals surface area contributed by atoms with Crippen molar-refractivity contribution >= 4 is 21.5 Å². The summed E-state index contributed by atoms with van der Waals surface area (Å²) in [6.45, 7) is 3.93. The summed E-state index contributed by atoms with van der Waals surface area (Å²) in [6.07, 6.45) is 2.40. The second-order valence-corrected chi connectivity index (χ2v) is 8.65. The van der Waals surface area contributed by atoms with Crippen LogP contribution in [-0.2, 0) is 10.0 Å². The van der Waals surface area contributed by atoms with Crippen molar-refractivity contribution < 1.29 is 8.42 Å². The highest BCUT2D eigenvalue weighted by Gasteiger charge is 2.15. The molecule has 1 saturated heterocycles. The number of nitrogens with zero attached hydrogens (tertiary/aromatic N) is 3. The topological polar surface area (TPSA) is 75.2 Å². The molecule has 0 bridgehead atoms. The largest absolute Gasteiger partial charge is 0.355 e. The predicted octanol–water partition coefficient (Wildman–Crippen LogP) is 3.85. The molecule has 0 atom stereocenters. The molecule has 6 nitrogen and oxygen atoms in total. The molecule has 28 heavy (non-hydrogen) atoms. The molecule has 7 heteroatoms. The van der Waals surface area contributed by atoms with E-state index in [2.05, 4.69) is 19.8 Å². The van der Waals surface area contributed by atoms with Gasteiger partial charge in [0.15, 0.2) is 5.82 Å². The predicted molar refractivity (Wildman–Crippen MR) is 111 cm³/mol. The van der Waals surface area contributed by atoms with E-state index in [4.69, 9.17) is 0 Å². The number of hydrogen-bond donors (Lipinski definition) is 1. The number of benzene rings is 2. The van der Waals surface area contributed by atoms with Gasteiger partial charge in [0.25, 0.3) is 10.0 Å². The van der Waals surface area contributed by atoms with Gasteiger partial charge in [0.05, 0.1) is 10.6 Å². The van der Waals surface area contributed by atoms with Gasteiger partial charge in [-0.2, -0.15) is 0 Å². The lowest BCUT2D eigenvalue weighted by molar-refractivity contribution is 0.601. The molecule has 0 radical (unpaired) electrons. The van der Waals surface area contributed by atoms with E-state index in [0.29, 0.717) is 5.69 Å². The first-order chi connectivity index (χ1) is 13.5. The summed E-state index contributed by atoms with van der Waals surface area (Å²) in [5, 5.41) is 8.66. The molecule has 144 valence electrons. The third-order valence-electron chi connectivity index (χ3n) is 4.81. The van der Waals surface area contributed by atoms with Gasteiger partial charge < -0.3 is 4.90 Å². The Labute approximate surface area is 165 Å². The minimum absolute atomic E-state index is 0.250. The maximum absolute atomic E-state index is 12.5. The van der Waals surface area contributed by atoms with E-state index in [-0.39, 0.29) is 4.90 Å². The molecule has 1 aliphatic heterocycles. The Morgan fingerprint density at radius 1 is 0.929 bits per heavy atom. The molecule has 2 aromatic carbocycles. The first-order valence-corrected chi connectivity index (χ1v) is 10.8. The first-order valence-electron chi connectivity index (χ1n) is 9.30. The van der Waals surface area contributed by atoms with Crippen molar-refractivity contribution in [3.8, 4) is 11.3 Å². The average Bonchev–Trinajstić information content (AvgIpc) is 3.23. The van der Waals surface area contributed by atoms with E-state index in [1.54, 1.807) is 30.3 Å². The number of aryl methyl sites for hydroxylation is 1. The van der Waals surface area contributed by atoms with E-state index in [9.17, 15) is 8.42 Å². The smallest absolute Gasteiger partial charge is 0.261 e. The monoisotopic (exact) mass is 394 g/mol. The minimum Gasteiger partial charge on any atom is -0.355 e. The van der Waals surface area contributed by atoms with Crippen molar-refractivity contribution in [1.29, 1.82) is 0 Å². The molecule has 1 aliphatic rings. The van der Waals surface area contributed by atoms with Crippen molar-refractivity contribution in [1.82, 2.24) is 10.2 Å². The van der Waals surface area contributed by atoms with Crippen LogP contribution < -0.4 is 9.62 Å². The molecular formula is C21H22N4O2S. The van der Waals surface area contributed by atoms with Crippen molar-refractivity contribution in [3.63, 3.8) is 0 Å². The molecule has 0 aliphatic carbocycles. The molecule has 1 aromatic heterocycles. The fraction of sp³-hybridized carbons (Fsp3) is 0.238. The maximum atomic E-state index is 12.5. The highest BCUT2D eigenvalue weighted by molar-refractivity contribution is 7.92. The van der Waals surface area contributed by atoms with Gasteiger partial charge in [0, 0.05) is 24.3 Å². The fourth-order valence-electron chi connectivity index (χ4n) is 3.30. The van der Waals surface area contributed by atoms with Crippen molar-refractivity contribution in [2.24, 2.45) is 0 Å². The number of anilines is 2. The zero-order chi connectivity index (χ0) is 19.6. The summed E-state index contributed by atoms with van der Waals surface area (Å²) < 4.78 is 27.7. The summed E-state index contributed by atoms with van der Waals surface area (Å²) in [5.41, 5.74) is 3.05. The minimum atomic E-state index is -3.61. The van der Waals surface area contributed by atoms with Crippen LogP contribution in [0.25, 0.3) is 11.3 Å². The molecular weight excluding hydrogens is 372 g/mol. The van der Waals surface area contributed by atoms with Gasteiger partial charge in [-0.15, -0.1) is 10.2 Å². The Balaban J connectivity index is 1.49. The lowest BCUT2D eigenvalue weighted by Gasteiger charge is -2.15. The van der Waals surface area contributed by atoms with Gasteiger partial charge in [-0.3, -0.25) is 4.72 Å². The number of aromatic nitrogens is 2. The third kappa shape index (κ3) is 3.99. The van der Waals surface area contributed by atoms with Gasteiger partial charge in [0.2, 0.25) is 0 Å². The second kappa shape index (κ2) is 7.59. The average molecular weight is 395 g/mol. The summed E-state index contributed by atoms with van der Waals surface area (Å²) in [5.74, 6) is 0.906. The zero-order valence-corrected chi connectivity index (χ0v) is 16.5. The van der Waals surface area contributed by atoms with E-state index in [1.165, 1.54) is 12.8 Å². The first kappa shape index (κ1) is 18.4. The van der Waals surface area contributed by atoms with Crippen LogP contribution in [0.2, 0.25) is 0 Å². The second-order valence-electron chi connectivity index (χ2n) is 6.97. The van der Waals surface area contributed by atoms with E-state index >= 15 is 0 Å². The zero-order valence-electron chi connectivity index (χ0n) is 15.7. The van der Waals surface area contributed by atoms with Gasteiger partial charge in [-0.05, 0) is 61.7 Å². The Kier molecular flexibility index (Phi) is 5.00. The van der Waals surface area contributed by atoms with Gasteiger partial charge in [-0.1, -0.05) is 24.3 Å². The van der Waals surface area contributed by atoms with Crippen molar-refractivity contribution in [3.05, 3.63) is 66.2 Å². The Morgan fingerprint density at radius 2 is 1.68 bits per heavy atom. The van der Waals surface area contributed by atoms with Crippen LogP contribution in [0.15, 0.2) is 65.6 Å². The maximum Gasteiger partial charge on any atom is 0.261 e. The van der Waals surface area contributed by atoms with Crippen LogP contribution in [-0.4, -0.2) is 31.7 Å². The number of rotatable bonds is 5. The van der Waals surface area contributed by atoms with Crippen LogP contribution in [0.3, 0.4) is 0 Å². The van der Waals surface area contributed by atoms with E-state index in [1.807, 2.05) is 37.3 Å². The number of sulfonamides is 1. The summed E-state index contributed by atoms with van der Waals surface area (Å²) in [6, 6.07) is 17.9. The standard InChI is InChI=1S/C21H22N4O2S/c1-16-5-4-6-19(15-16)28(26,27)24-18-9-7-17(8-10-18)20-11-12-21(23-22-20)25-13-2-3-14-25/h4-12,15,24H,2-3,13-14H2,1H3. The van der Waals surface area contributed by atoms with Crippen LogP contribution in [0.1, 0.15) is 18.4 Å². The molecule has 0 saturated carbocycles. The molecule has 0 amide bonds. The van der Waals surface area contributed by atoms with Crippen LogP contribution in [0.4, 0.5) is 11.5 Å². The third-order valence-corrected chi connectivity index (χ3v) is 6.19. The summed E-state index contributed by atoms with van der Waals surface area (Å²) >= 11 is 0. The molecule has 4 rings (SSSR count). The molecule has 1 N–H and O–H groups in total. The number of hydrogen-bond acceptors (Lipinski definition) is 5. The Morgan fingerprint density at radius 3 is 2.32 bits per heavy atom. The molecule has 0 unspecified atom stereocenters. The van der Waals surface area contributed by atoms with Crippen molar-refractivity contribution in [2.75, 3.05) is 22.7 Å². The van der Waals surface area contributed by atoms with Crippen LogP contribution >= 0.6 is 0 Å². The normalized spacial score (nSPS) is 14.2. The Bertz CT molecular complexity index is 1060. The van der Waals surface area contributed by atoms with Gasteiger partial charge >= 0.3 is 0 Å². The number of nitrogens with one attached hydrogen (secondary N) is 1. The van der Waals surface area contributed by atoms with Gasteiger partial charge in [0.1, 0.15) is 0 Å². The van der Waals surface area contributed by atoms with Crippen LogP contribution in [0, 0.1) is 6.92 Å². The summed E-state index contributed by atoms with van der Waals surface area (Å²) in [7, 11) is -3.61. The highest BCUT2D eigenvalue weighted by Crippen LogP contribution is 2.23. The molecule has 1 fully saturated rings. The van der Waals surface area contributed by atoms with E-state index in [0.717, 1.165) is 35.7 Å². The molecule has 2 heterocycles. The molecule has 3 aromatic rings. The quantitative estimate of drug-likeness (QED) is 0.711. The lowest BCUT2D eigenvalue weighted by atomic mass is 10.1. The molecule has 0 spiro atoms.